The van der Waals surface area contributed by atoms with Gasteiger partial charge in [0.15, 0.2) is 0 Å². The van der Waals surface area contributed by atoms with Crippen molar-refractivity contribution in [2.75, 3.05) is 10.6 Å². The Bertz CT molecular complexity index is 638. The van der Waals surface area contributed by atoms with E-state index in [2.05, 4.69) is 20.6 Å². The monoisotopic (exact) mass is 314 g/mol. The standard InChI is InChI=1S/C17H22N4O2/c1-11-7-13(17(23)16(11)22)21-15-8-14(19-10-20-15)18-9-12-5-3-2-4-6-12/h2-6,8,10-11,13,16-17,22-23H,7,9H2,1H3,(H2,18,19,20,21)/t11-,13-,16-,17+/m1/s1. The van der Waals surface area contributed by atoms with Crippen LogP contribution >= 0.6 is 0 Å². The molecule has 0 aliphatic heterocycles. The van der Waals surface area contributed by atoms with Gasteiger partial charge in [-0.2, -0.15) is 0 Å². The number of aromatic nitrogens is 2. The second-order valence-electron chi connectivity index (χ2n) is 6.07. The van der Waals surface area contributed by atoms with Crippen LogP contribution in [0.15, 0.2) is 42.7 Å². The van der Waals surface area contributed by atoms with Gasteiger partial charge in [0.05, 0.1) is 12.1 Å². The average Bonchev–Trinajstić information content (AvgIpc) is 2.81. The van der Waals surface area contributed by atoms with Crippen molar-refractivity contribution < 1.29 is 10.2 Å². The highest BCUT2D eigenvalue weighted by Crippen LogP contribution is 2.28. The Morgan fingerprint density at radius 1 is 1.09 bits per heavy atom. The highest BCUT2D eigenvalue weighted by molar-refractivity contribution is 5.47. The third-order valence-corrected chi connectivity index (χ3v) is 4.29. The molecule has 4 atom stereocenters. The summed E-state index contributed by atoms with van der Waals surface area (Å²) in [5.41, 5.74) is 1.17. The van der Waals surface area contributed by atoms with Crippen LogP contribution in [0.25, 0.3) is 0 Å². The van der Waals surface area contributed by atoms with E-state index in [-0.39, 0.29) is 12.0 Å². The van der Waals surface area contributed by atoms with E-state index in [0.29, 0.717) is 24.6 Å². The van der Waals surface area contributed by atoms with Gasteiger partial charge in [-0.05, 0) is 17.9 Å². The molecule has 23 heavy (non-hydrogen) atoms. The first-order valence-electron chi connectivity index (χ1n) is 7.86. The summed E-state index contributed by atoms with van der Waals surface area (Å²) in [5.74, 6) is 1.42. The number of aliphatic hydroxyl groups is 2. The van der Waals surface area contributed by atoms with Crippen LogP contribution in [0.2, 0.25) is 0 Å². The minimum Gasteiger partial charge on any atom is -0.390 e. The lowest BCUT2D eigenvalue weighted by Gasteiger charge is -2.18. The van der Waals surface area contributed by atoms with E-state index in [9.17, 15) is 10.2 Å². The highest BCUT2D eigenvalue weighted by atomic mass is 16.3. The van der Waals surface area contributed by atoms with Crippen LogP contribution < -0.4 is 10.6 Å². The van der Waals surface area contributed by atoms with Crippen molar-refractivity contribution in [3.63, 3.8) is 0 Å². The highest BCUT2D eigenvalue weighted by Gasteiger charge is 2.39. The quantitative estimate of drug-likeness (QED) is 0.671. The fourth-order valence-electron chi connectivity index (χ4n) is 2.91. The molecule has 4 N–H and O–H groups in total. The van der Waals surface area contributed by atoms with Crippen LogP contribution in [0.5, 0.6) is 0 Å². The molecule has 1 saturated carbocycles. The molecule has 1 fully saturated rings. The van der Waals surface area contributed by atoms with E-state index >= 15 is 0 Å². The SMILES string of the molecule is C[C@@H]1C[C@@H](Nc2cc(NCc3ccccc3)ncn2)[C@H](O)[C@@H]1O. The van der Waals surface area contributed by atoms with Gasteiger partial charge in [0, 0.05) is 12.6 Å². The molecule has 0 spiro atoms. The number of hydrogen-bond donors (Lipinski definition) is 4. The minimum absolute atomic E-state index is 0.0695. The number of benzene rings is 1. The van der Waals surface area contributed by atoms with Gasteiger partial charge in [0.2, 0.25) is 0 Å². The van der Waals surface area contributed by atoms with E-state index in [1.807, 2.05) is 43.3 Å². The number of nitrogens with zero attached hydrogens (tertiary/aromatic N) is 2. The van der Waals surface area contributed by atoms with E-state index in [4.69, 9.17) is 0 Å². The zero-order valence-electron chi connectivity index (χ0n) is 13.1. The van der Waals surface area contributed by atoms with Gasteiger partial charge in [-0.3, -0.25) is 0 Å². The van der Waals surface area contributed by atoms with E-state index in [0.717, 1.165) is 0 Å². The largest absolute Gasteiger partial charge is 0.390 e. The fourth-order valence-corrected chi connectivity index (χ4v) is 2.91. The predicted molar refractivity (Wildman–Crippen MR) is 89.0 cm³/mol. The first kappa shape index (κ1) is 15.7. The van der Waals surface area contributed by atoms with Gasteiger partial charge in [0.25, 0.3) is 0 Å². The summed E-state index contributed by atoms with van der Waals surface area (Å²) >= 11 is 0. The molecule has 1 aromatic heterocycles. The van der Waals surface area contributed by atoms with Crippen molar-refractivity contribution in [2.45, 2.75) is 38.1 Å². The molecule has 3 rings (SSSR count). The molecule has 122 valence electrons. The maximum Gasteiger partial charge on any atom is 0.131 e. The molecule has 0 radical (unpaired) electrons. The number of aliphatic hydroxyl groups excluding tert-OH is 2. The van der Waals surface area contributed by atoms with Crippen molar-refractivity contribution in [3.05, 3.63) is 48.3 Å². The fraction of sp³-hybridized carbons (Fsp3) is 0.412. The van der Waals surface area contributed by atoms with Crippen LogP contribution in [-0.2, 0) is 6.54 Å². The lowest BCUT2D eigenvalue weighted by molar-refractivity contribution is 0.0210. The Kier molecular flexibility index (Phi) is 4.73. The van der Waals surface area contributed by atoms with Gasteiger partial charge in [-0.25, -0.2) is 9.97 Å². The van der Waals surface area contributed by atoms with Gasteiger partial charge in [0.1, 0.15) is 24.1 Å². The second kappa shape index (κ2) is 6.93. The van der Waals surface area contributed by atoms with Gasteiger partial charge >= 0.3 is 0 Å². The second-order valence-corrected chi connectivity index (χ2v) is 6.07. The minimum atomic E-state index is -0.777. The summed E-state index contributed by atoms with van der Waals surface area (Å²) in [6.07, 6.45) is 0.724. The van der Waals surface area contributed by atoms with Gasteiger partial charge in [-0.1, -0.05) is 37.3 Å². The molecule has 0 bridgehead atoms. The van der Waals surface area contributed by atoms with E-state index in [1.165, 1.54) is 11.9 Å². The summed E-state index contributed by atoms with van der Waals surface area (Å²) in [5, 5.41) is 26.3. The molecule has 0 unspecified atom stereocenters. The Labute approximate surface area is 135 Å². The molecular weight excluding hydrogens is 292 g/mol. The predicted octanol–water partition coefficient (Wildman–Crippen LogP) is 1.63. The van der Waals surface area contributed by atoms with Crippen LogP contribution in [0.1, 0.15) is 18.9 Å². The molecular formula is C17H22N4O2. The number of nitrogens with one attached hydrogen (secondary N) is 2. The van der Waals surface area contributed by atoms with Crippen molar-refractivity contribution in [2.24, 2.45) is 5.92 Å². The van der Waals surface area contributed by atoms with Crippen molar-refractivity contribution in [1.82, 2.24) is 9.97 Å². The average molecular weight is 314 g/mol. The van der Waals surface area contributed by atoms with Gasteiger partial charge < -0.3 is 20.8 Å². The van der Waals surface area contributed by atoms with Crippen LogP contribution in [0.3, 0.4) is 0 Å². The summed E-state index contributed by atoms with van der Waals surface area (Å²) in [7, 11) is 0. The number of anilines is 2. The Balaban J connectivity index is 1.61. The molecule has 1 heterocycles. The molecule has 0 amide bonds. The smallest absolute Gasteiger partial charge is 0.131 e. The maximum atomic E-state index is 10.0. The third kappa shape index (κ3) is 3.78. The molecule has 1 aromatic carbocycles. The van der Waals surface area contributed by atoms with Crippen LogP contribution in [0, 0.1) is 5.92 Å². The normalized spacial score (nSPS) is 26.9. The molecule has 6 nitrogen and oxygen atoms in total. The molecule has 0 saturated heterocycles. The van der Waals surface area contributed by atoms with Gasteiger partial charge in [-0.15, -0.1) is 0 Å². The first-order chi connectivity index (χ1) is 11.1. The summed E-state index contributed by atoms with van der Waals surface area (Å²) in [6, 6.07) is 11.7. The van der Waals surface area contributed by atoms with Crippen molar-refractivity contribution in [1.29, 1.82) is 0 Å². The van der Waals surface area contributed by atoms with Crippen LogP contribution in [-0.4, -0.2) is 38.4 Å². The lowest BCUT2D eigenvalue weighted by Crippen LogP contribution is -2.35. The van der Waals surface area contributed by atoms with E-state index < -0.39 is 12.2 Å². The maximum absolute atomic E-state index is 10.0. The third-order valence-electron chi connectivity index (χ3n) is 4.29. The molecule has 1 aliphatic carbocycles. The summed E-state index contributed by atoms with van der Waals surface area (Å²) in [4.78, 5) is 8.39. The first-order valence-corrected chi connectivity index (χ1v) is 7.86. The Morgan fingerprint density at radius 3 is 2.52 bits per heavy atom. The topological polar surface area (TPSA) is 90.3 Å². The van der Waals surface area contributed by atoms with Crippen molar-refractivity contribution in [3.8, 4) is 0 Å². The number of rotatable bonds is 5. The molecule has 1 aliphatic rings. The zero-order valence-corrected chi connectivity index (χ0v) is 13.1. The molecule has 2 aromatic rings. The number of hydrogen-bond acceptors (Lipinski definition) is 6. The van der Waals surface area contributed by atoms with E-state index in [1.54, 1.807) is 0 Å². The Hall–Kier alpha value is -2.18. The van der Waals surface area contributed by atoms with Crippen LogP contribution in [0.4, 0.5) is 11.6 Å². The zero-order chi connectivity index (χ0) is 16.2. The Morgan fingerprint density at radius 2 is 1.83 bits per heavy atom. The summed E-state index contributed by atoms with van der Waals surface area (Å²) < 4.78 is 0. The van der Waals surface area contributed by atoms with Crippen molar-refractivity contribution >= 4 is 11.6 Å². The lowest BCUT2D eigenvalue weighted by atomic mass is 10.1. The summed E-state index contributed by atoms with van der Waals surface area (Å²) in [6.45, 7) is 2.61. The molecule has 6 heteroatoms.